The molecule has 0 saturated heterocycles. The van der Waals surface area contributed by atoms with Crippen LogP contribution in [-0.2, 0) is 6.42 Å². The van der Waals surface area contributed by atoms with E-state index in [2.05, 4.69) is 16.9 Å². The van der Waals surface area contributed by atoms with E-state index in [-0.39, 0.29) is 0 Å². The number of nitrogen functional groups attached to an aromatic ring is 1. The molecule has 0 radical (unpaired) electrons. The molecule has 0 saturated carbocycles. The van der Waals surface area contributed by atoms with Crippen molar-refractivity contribution in [2.75, 3.05) is 5.73 Å². The summed E-state index contributed by atoms with van der Waals surface area (Å²) in [6, 6.07) is 7.60. The van der Waals surface area contributed by atoms with Crippen molar-refractivity contribution in [1.82, 2.24) is 9.97 Å². The third-order valence-corrected chi connectivity index (χ3v) is 2.85. The molecule has 0 aliphatic rings. The van der Waals surface area contributed by atoms with Crippen molar-refractivity contribution in [2.45, 2.75) is 19.8 Å². The second-order valence-corrected chi connectivity index (χ2v) is 4.28. The summed E-state index contributed by atoms with van der Waals surface area (Å²) >= 11 is 5.87. The van der Waals surface area contributed by atoms with E-state index in [1.165, 1.54) is 6.33 Å². The highest BCUT2D eigenvalue weighted by Crippen LogP contribution is 2.26. The maximum Gasteiger partial charge on any atom is 0.130 e. The maximum atomic E-state index is 5.90. The number of hydrogen-bond donors (Lipinski definition) is 1. The van der Waals surface area contributed by atoms with Crippen LogP contribution in [0.15, 0.2) is 30.6 Å². The van der Waals surface area contributed by atoms with Crippen LogP contribution in [-0.4, -0.2) is 9.97 Å². The number of rotatable bonds is 3. The van der Waals surface area contributed by atoms with E-state index in [9.17, 15) is 0 Å². The van der Waals surface area contributed by atoms with Gasteiger partial charge in [0.2, 0.25) is 0 Å². The van der Waals surface area contributed by atoms with Gasteiger partial charge in [0.25, 0.3) is 0 Å². The first-order valence-corrected chi connectivity index (χ1v) is 5.95. The maximum absolute atomic E-state index is 5.90. The topological polar surface area (TPSA) is 51.8 Å². The first-order valence-electron chi connectivity index (χ1n) is 5.57. The molecule has 2 N–H and O–H groups in total. The Morgan fingerprint density at radius 1 is 1.18 bits per heavy atom. The largest absolute Gasteiger partial charge is 0.383 e. The fourth-order valence-corrected chi connectivity index (χ4v) is 1.90. The molecule has 2 rings (SSSR count). The SMILES string of the molecule is CCCc1c(N)ncnc1-c1ccc(Cl)cc1. The summed E-state index contributed by atoms with van der Waals surface area (Å²) in [4.78, 5) is 8.37. The minimum atomic E-state index is 0.562. The zero-order valence-electron chi connectivity index (χ0n) is 9.65. The zero-order chi connectivity index (χ0) is 12.3. The van der Waals surface area contributed by atoms with Crippen LogP contribution in [0.1, 0.15) is 18.9 Å². The molecule has 0 unspecified atom stereocenters. The fourth-order valence-electron chi connectivity index (χ4n) is 1.78. The Bertz CT molecular complexity index is 509. The lowest BCUT2D eigenvalue weighted by Gasteiger charge is -2.09. The van der Waals surface area contributed by atoms with Crippen LogP contribution in [0.3, 0.4) is 0 Å². The first kappa shape index (κ1) is 11.9. The molecule has 0 aliphatic heterocycles. The summed E-state index contributed by atoms with van der Waals surface area (Å²) < 4.78 is 0. The molecule has 2 aromatic rings. The van der Waals surface area contributed by atoms with E-state index in [1.807, 2.05) is 24.3 Å². The standard InChI is InChI=1S/C13H14ClN3/c1-2-3-11-12(16-8-17-13(11)15)9-4-6-10(14)7-5-9/h4-8H,2-3H2,1H3,(H2,15,16,17). The van der Waals surface area contributed by atoms with Crippen molar-refractivity contribution in [3.05, 3.63) is 41.2 Å². The summed E-state index contributed by atoms with van der Waals surface area (Å²) in [5.41, 5.74) is 8.83. The number of aromatic nitrogens is 2. The molecule has 0 atom stereocenters. The van der Waals surface area contributed by atoms with E-state index >= 15 is 0 Å². The number of nitrogens with two attached hydrogens (primary N) is 1. The molecule has 1 aromatic heterocycles. The van der Waals surface area contributed by atoms with E-state index < -0.39 is 0 Å². The second-order valence-electron chi connectivity index (χ2n) is 3.84. The van der Waals surface area contributed by atoms with Gasteiger partial charge >= 0.3 is 0 Å². The van der Waals surface area contributed by atoms with Crippen LogP contribution in [0.2, 0.25) is 5.02 Å². The molecule has 0 fully saturated rings. The van der Waals surface area contributed by atoms with Gasteiger partial charge in [0.15, 0.2) is 0 Å². The van der Waals surface area contributed by atoms with Crippen LogP contribution < -0.4 is 5.73 Å². The van der Waals surface area contributed by atoms with Crippen molar-refractivity contribution in [2.24, 2.45) is 0 Å². The second kappa shape index (κ2) is 5.15. The summed E-state index contributed by atoms with van der Waals surface area (Å²) in [5.74, 6) is 0.562. The Hall–Kier alpha value is -1.61. The zero-order valence-corrected chi connectivity index (χ0v) is 10.4. The first-order chi connectivity index (χ1) is 8.22. The van der Waals surface area contributed by atoms with Gasteiger partial charge in [0, 0.05) is 16.1 Å². The smallest absolute Gasteiger partial charge is 0.130 e. The summed E-state index contributed by atoms with van der Waals surface area (Å²) in [5, 5.41) is 0.716. The normalized spacial score (nSPS) is 10.5. The Labute approximate surface area is 106 Å². The lowest BCUT2D eigenvalue weighted by atomic mass is 10.0. The molecular formula is C13H14ClN3. The van der Waals surface area contributed by atoms with Gasteiger partial charge in [0.1, 0.15) is 12.1 Å². The highest BCUT2D eigenvalue weighted by Gasteiger charge is 2.10. The molecule has 0 spiro atoms. The van der Waals surface area contributed by atoms with Gasteiger partial charge in [-0.1, -0.05) is 37.1 Å². The quantitative estimate of drug-likeness (QED) is 0.905. The number of halogens is 1. The predicted molar refractivity (Wildman–Crippen MR) is 70.9 cm³/mol. The van der Waals surface area contributed by atoms with Gasteiger partial charge in [-0.15, -0.1) is 0 Å². The number of benzene rings is 1. The predicted octanol–water partition coefficient (Wildman–Crippen LogP) is 3.33. The lowest BCUT2D eigenvalue weighted by Crippen LogP contribution is -2.02. The van der Waals surface area contributed by atoms with Crippen LogP contribution in [0.5, 0.6) is 0 Å². The Balaban J connectivity index is 2.50. The van der Waals surface area contributed by atoms with E-state index in [0.29, 0.717) is 10.8 Å². The highest BCUT2D eigenvalue weighted by molar-refractivity contribution is 6.30. The van der Waals surface area contributed by atoms with Gasteiger partial charge in [-0.25, -0.2) is 9.97 Å². The van der Waals surface area contributed by atoms with E-state index in [1.54, 1.807) is 0 Å². The molecule has 0 bridgehead atoms. The molecule has 3 nitrogen and oxygen atoms in total. The molecule has 0 aliphatic carbocycles. The minimum absolute atomic E-state index is 0.562. The molecule has 4 heteroatoms. The van der Waals surface area contributed by atoms with Crippen LogP contribution >= 0.6 is 11.6 Å². The molecule has 0 amide bonds. The minimum Gasteiger partial charge on any atom is -0.383 e. The van der Waals surface area contributed by atoms with Crippen LogP contribution in [0.25, 0.3) is 11.3 Å². The molecule has 88 valence electrons. The van der Waals surface area contributed by atoms with Gasteiger partial charge in [-0.3, -0.25) is 0 Å². The van der Waals surface area contributed by atoms with Gasteiger partial charge in [-0.05, 0) is 18.6 Å². The van der Waals surface area contributed by atoms with Crippen molar-refractivity contribution in [1.29, 1.82) is 0 Å². The Morgan fingerprint density at radius 3 is 2.53 bits per heavy atom. The van der Waals surface area contributed by atoms with E-state index in [0.717, 1.165) is 29.7 Å². The third-order valence-electron chi connectivity index (χ3n) is 2.60. The number of hydrogen-bond acceptors (Lipinski definition) is 3. The van der Waals surface area contributed by atoms with Gasteiger partial charge in [-0.2, -0.15) is 0 Å². The Morgan fingerprint density at radius 2 is 1.88 bits per heavy atom. The molecule has 1 aromatic carbocycles. The summed E-state index contributed by atoms with van der Waals surface area (Å²) in [6.07, 6.45) is 3.39. The van der Waals surface area contributed by atoms with Crippen molar-refractivity contribution in [3.63, 3.8) is 0 Å². The third kappa shape index (κ3) is 2.56. The average Bonchev–Trinajstić information content (AvgIpc) is 2.33. The summed E-state index contributed by atoms with van der Waals surface area (Å²) in [6.45, 7) is 2.11. The molecule has 17 heavy (non-hydrogen) atoms. The number of nitrogens with zero attached hydrogens (tertiary/aromatic N) is 2. The van der Waals surface area contributed by atoms with Gasteiger partial charge < -0.3 is 5.73 Å². The monoisotopic (exact) mass is 247 g/mol. The molecular weight excluding hydrogens is 234 g/mol. The van der Waals surface area contributed by atoms with Crippen LogP contribution in [0.4, 0.5) is 5.82 Å². The molecule has 1 heterocycles. The lowest BCUT2D eigenvalue weighted by molar-refractivity contribution is 0.908. The van der Waals surface area contributed by atoms with Crippen molar-refractivity contribution in [3.8, 4) is 11.3 Å². The highest BCUT2D eigenvalue weighted by atomic mass is 35.5. The van der Waals surface area contributed by atoms with E-state index in [4.69, 9.17) is 17.3 Å². The fraction of sp³-hybridized carbons (Fsp3) is 0.231. The average molecular weight is 248 g/mol. The van der Waals surface area contributed by atoms with Crippen LogP contribution in [0, 0.1) is 0 Å². The van der Waals surface area contributed by atoms with Crippen molar-refractivity contribution >= 4 is 17.4 Å². The summed E-state index contributed by atoms with van der Waals surface area (Å²) in [7, 11) is 0. The Kier molecular flexibility index (Phi) is 3.59. The van der Waals surface area contributed by atoms with Crippen molar-refractivity contribution < 1.29 is 0 Å². The van der Waals surface area contributed by atoms with Gasteiger partial charge in [0.05, 0.1) is 5.69 Å². The number of anilines is 1.